The van der Waals surface area contributed by atoms with E-state index in [9.17, 15) is 9.59 Å². The average molecular weight is 394 g/mol. The minimum absolute atomic E-state index is 0.233. The molecule has 0 aliphatic carbocycles. The van der Waals surface area contributed by atoms with E-state index in [1.807, 2.05) is 57.2 Å². The molecule has 6 nitrogen and oxygen atoms in total. The third-order valence-corrected chi connectivity index (χ3v) is 4.30. The summed E-state index contributed by atoms with van der Waals surface area (Å²) < 4.78 is 10.7. The second-order valence-corrected chi connectivity index (χ2v) is 7.91. The normalized spacial score (nSPS) is 13.8. The summed E-state index contributed by atoms with van der Waals surface area (Å²) in [5.41, 5.74) is 2.12. The summed E-state index contributed by atoms with van der Waals surface area (Å²) in [7, 11) is 0. The van der Waals surface area contributed by atoms with Gasteiger partial charge in [-0.05, 0) is 62.4 Å². The van der Waals surface area contributed by atoms with Crippen LogP contribution < -0.4 is 4.90 Å². The van der Waals surface area contributed by atoms with Crippen molar-refractivity contribution in [2.75, 3.05) is 11.4 Å². The molecule has 6 heteroatoms. The Morgan fingerprint density at radius 1 is 1.21 bits per heavy atom. The number of nitrogens with zero attached hydrogens (tertiary/aromatic N) is 2. The molecular formula is C23H26N2O4. The molecule has 1 aliphatic rings. The molecule has 3 rings (SSSR count). The van der Waals surface area contributed by atoms with Gasteiger partial charge in [0.2, 0.25) is 0 Å². The molecule has 1 aromatic heterocycles. The van der Waals surface area contributed by atoms with Gasteiger partial charge < -0.3 is 9.47 Å². The molecule has 2 aromatic rings. The first kappa shape index (κ1) is 20.6. The second kappa shape index (κ2) is 8.90. The summed E-state index contributed by atoms with van der Waals surface area (Å²) in [5, 5.41) is 0. The molecule has 0 saturated heterocycles. The van der Waals surface area contributed by atoms with Crippen LogP contribution in [-0.4, -0.2) is 29.2 Å². The number of amides is 1. The van der Waals surface area contributed by atoms with Gasteiger partial charge in [0.05, 0.1) is 0 Å². The number of hydrogen-bond donors (Lipinski definition) is 0. The minimum atomic E-state index is -0.558. The first-order chi connectivity index (χ1) is 13.8. The molecule has 2 heterocycles. The second-order valence-electron chi connectivity index (χ2n) is 7.91. The first-order valence-corrected chi connectivity index (χ1v) is 9.70. The van der Waals surface area contributed by atoms with Crippen molar-refractivity contribution in [3.05, 3.63) is 65.4 Å². The zero-order valence-corrected chi connectivity index (χ0v) is 17.1. The molecule has 29 heavy (non-hydrogen) atoms. The predicted molar refractivity (Wildman–Crippen MR) is 111 cm³/mol. The molecular weight excluding hydrogens is 368 g/mol. The largest absolute Gasteiger partial charge is 0.458 e. The Bertz CT molecular complexity index is 901. The van der Waals surface area contributed by atoms with Gasteiger partial charge in [0, 0.05) is 18.8 Å². The van der Waals surface area contributed by atoms with E-state index in [2.05, 4.69) is 4.98 Å². The maximum Gasteiger partial charge on any atom is 0.416 e. The van der Waals surface area contributed by atoms with Gasteiger partial charge in [-0.2, -0.15) is 0 Å². The molecule has 0 saturated carbocycles. The summed E-state index contributed by atoms with van der Waals surface area (Å²) in [6, 6.07) is 11.5. The van der Waals surface area contributed by atoms with E-state index in [1.165, 1.54) is 6.08 Å². The lowest BCUT2D eigenvalue weighted by Gasteiger charge is -2.30. The Kier molecular flexibility index (Phi) is 6.32. The quantitative estimate of drug-likeness (QED) is 0.563. The number of rotatable bonds is 4. The Morgan fingerprint density at radius 3 is 2.69 bits per heavy atom. The molecule has 1 aromatic carbocycles. The van der Waals surface area contributed by atoms with E-state index >= 15 is 0 Å². The van der Waals surface area contributed by atoms with Crippen LogP contribution in [0.3, 0.4) is 0 Å². The number of carbonyl (C=O) groups is 2. The van der Waals surface area contributed by atoms with Crippen molar-refractivity contribution >= 4 is 24.0 Å². The smallest absolute Gasteiger partial charge is 0.416 e. The van der Waals surface area contributed by atoms with Crippen LogP contribution in [0.15, 0.2) is 48.7 Å². The monoisotopic (exact) mass is 394 g/mol. The highest BCUT2D eigenvalue weighted by Gasteiger charge is 2.28. The van der Waals surface area contributed by atoms with Crippen LogP contribution in [0.4, 0.5) is 10.6 Å². The van der Waals surface area contributed by atoms with Gasteiger partial charge in [-0.1, -0.05) is 30.3 Å². The zero-order valence-electron chi connectivity index (χ0n) is 17.1. The summed E-state index contributed by atoms with van der Waals surface area (Å²) >= 11 is 0. The standard InChI is InChI=1S/C23H26N2O4/c1-23(2,3)29-22(27)25-13-7-10-19-14-18(15-24-21(19)25)11-12-20(26)28-16-17-8-5-4-6-9-17/h4-6,8-9,11-12,14-15H,7,10,13,16H2,1-3H3/b12-11+. The van der Waals surface area contributed by atoms with Gasteiger partial charge in [-0.15, -0.1) is 0 Å². The Morgan fingerprint density at radius 2 is 1.97 bits per heavy atom. The van der Waals surface area contributed by atoms with Crippen molar-refractivity contribution in [3.8, 4) is 0 Å². The van der Waals surface area contributed by atoms with Gasteiger partial charge in [-0.3, -0.25) is 4.90 Å². The van der Waals surface area contributed by atoms with Gasteiger partial charge in [0.25, 0.3) is 0 Å². The number of ether oxygens (including phenoxy) is 2. The lowest BCUT2D eigenvalue weighted by atomic mass is 10.0. The molecule has 0 unspecified atom stereocenters. The molecule has 0 atom stereocenters. The number of aromatic nitrogens is 1. The summed E-state index contributed by atoms with van der Waals surface area (Å²) in [4.78, 5) is 30.4. The fraction of sp³-hybridized carbons (Fsp3) is 0.348. The van der Waals surface area contributed by atoms with E-state index in [4.69, 9.17) is 9.47 Å². The zero-order chi connectivity index (χ0) is 20.9. The number of pyridine rings is 1. The lowest BCUT2D eigenvalue weighted by Crippen LogP contribution is -2.40. The van der Waals surface area contributed by atoms with E-state index in [0.29, 0.717) is 12.4 Å². The van der Waals surface area contributed by atoms with E-state index in [1.54, 1.807) is 17.2 Å². The number of carbonyl (C=O) groups excluding carboxylic acids is 2. The molecule has 1 amide bonds. The van der Waals surface area contributed by atoms with Crippen molar-refractivity contribution in [2.45, 2.75) is 45.8 Å². The third-order valence-electron chi connectivity index (χ3n) is 4.30. The Labute approximate surface area is 171 Å². The van der Waals surface area contributed by atoms with Gasteiger partial charge >= 0.3 is 12.1 Å². The molecule has 1 aliphatic heterocycles. The van der Waals surface area contributed by atoms with Gasteiger partial charge in [0.1, 0.15) is 18.0 Å². The van der Waals surface area contributed by atoms with Crippen LogP contribution in [-0.2, 0) is 27.3 Å². The Hall–Kier alpha value is -3.15. The molecule has 0 N–H and O–H groups in total. The molecule has 0 spiro atoms. The average Bonchev–Trinajstić information content (AvgIpc) is 2.69. The van der Waals surface area contributed by atoms with Crippen LogP contribution in [0.1, 0.15) is 43.9 Å². The maximum absolute atomic E-state index is 12.5. The van der Waals surface area contributed by atoms with Crippen molar-refractivity contribution in [2.24, 2.45) is 0 Å². The van der Waals surface area contributed by atoms with Crippen molar-refractivity contribution in [1.82, 2.24) is 4.98 Å². The summed E-state index contributed by atoms with van der Waals surface area (Å²) in [6.45, 7) is 6.34. The summed E-state index contributed by atoms with van der Waals surface area (Å²) in [6.07, 6.45) is 5.97. The highest BCUT2D eigenvalue weighted by molar-refractivity contribution is 5.89. The third kappa shape index (κ3) is 5.91. The number of anilines is 1. The predicted octanol–water partition coefficient (Wildman–Crippen LogP) is 4.53. The van der Waals surface area contributed by atoms with Gasteiger partial charge in [-0.25, -0.2) is 14.6 Å². The molecule has 0 bridgehead atoms. The van der Waals surface area contributed by atoms with E-state index in [0.717, 1.165) is 29.5 Å². The van der Waals surface area contributed by atoms with Crippen LogP contribution in [0.2, 0.25) is 0 Å². The molecule has 152 valence electrons. The fourth-order valence-electron chi connectivity index (χ4n) is 3.01. The fourth-order valence-corrected chi connectivity index (χ4v) is 3.01. The maximum atomic E-state index is 12.5. The number of benzene rings is 1. The number of esters is 1. The van der Waals surface area contributed by atoms with Crippen molar-refractivity contribution in [3.63, 3.8) is 0 Å². The Balaban J connectivity index is 1.64. The van der Waals surface area contributed by atoms with Crippen molar-refractivity contribution in [1.29, 1.82) is 0 Å². The first-order valence-electron chi connectivity index (χ1n) is 9.70. The van der Waals surface area contributed by atoms with Gasteiger partial charge in [0.15, 0.2) is 0 Å². The highest BCUT2D eigenvalue weighted by Crippen LogP contribution is 2.27. The van der Waals surface area contributed by atoms with E-state index < -0.39 is 17.7 Å². The van der Waals surface area contributed by atoms with Crippen LogP contribution in [0, 0.1) is 0 Å². The van der Waals surface area contributed by atoms with Crippen LogP contribution in [0.25, 0.3) is 6.08 Å². The number of aryl methyl sites for hydroxylation is 1. The molecule has 0 radical (unpaired) electrons. The van der Waals surface area contributed by atoms with Crippen LogP contribution in [0.5, 0.6) is 0 Å². The lowest BCUT2D eigenvalue weighted by molar-refractivity contribution is -0.138. The van der Waals surface area contributed by atoms with Crippen LogP contribution >= 0.6 is 0 Å². The number of hydrogen-bond acceptors (Lipinski definition) is 5. The van der Waals surface area contributed by atoms with E-state index in [-0.39, 0.29) is 6.61 Å². The topological polar surface area (TPSA) is 68.7 Å². The minimum Gasteiger partial charge on any atom is -0.458 e. The summed E-state index contributed by atoms with van der Waals surface area (Å²) in [5.74, 6) is 0.205. The molecule has 0 fully saturated rings. The highest BCUT2D eigenvalue weighted by atomic mass is 16.6. The van der Waals surface area contributed by atoms with Crippen molar-refractivity contribution < 1.29 is 19.1 Å². The number of fused-ring (bicyclic) bond motifs is 1. The SMILES string of the molecule is CC(C)(C)OC(=O)N1CCCc2cc(/C=C/C(=O)OCc3ccccc3)cnc21.